The summed E-state index contributed by atoms with van der Waals surface area (Å²) in [5, 5.41) is 8.85. The van der Waals surface area contributed by atoms with Gasteiger partial charge in [0, 0.05) is 19.4 Å². The van der Waals surface area contributed by atoms with Crippen LogP contribution in [0.1, 0.15) is 18.4 Å². The van der Waals surface area contributed by atoms with Gasteiger partial charge in [0.2, 0.25) is 11.8 Å². The Bertz CT molecular complexity index is 497. The summed E-state index contributed by atoms with van der Waals surface area (Å²) in [6.07, 6.45) is 0.704. The highest BCUT2D eigenvalue weighted by Crippen LogP contribution is 2.19. The fourth-order valence-electron chi connectivity index (χ4n) is 2.14. The zero-order chi connectivity index (χ0) is 13.8. The minimum atomic E-state index is -1.02. The van der Waals surface area contributed by atoms with E-state index in [4.69, 9.17) is 5.11 Å². The van der Waals surface area contributed by atoms with Gasteiger partial charge in [-0.3, -0.25) is 19.3 Å². The van der Waals surface area contributed by atoms with Gasteiger partial charge in [-0.15, -0.1) is 0 Å². The molecule has 2 amide bonds. The maximum atomic E-state index is 11.9. The number of nitrogens with zero attached hydrogens (tertiary/aromatic N) is 1. The number of carboxylic acids is 1. The average Bonchev–Trinajstić information content (AvgIpc) is 2.80. The van der Waals surface area contributed by atoms with Gasteiger partial charge in [0.25, 0.3) is 0 Å². The van der Waals surface area contributed by atoms with Gasteiger partial charge in [0.05, 0.1) is 5.92 Å². The molecule has 0 aromatic heterocycles. The molecule has 0 bridgehead atoms. The van der Waals surface area contributed by atoms with E-state index in [0.29, 0.717) is 6.42 Å². The largest absolute Gasteiger partial charge is 0.481 e. The van der Waals surface area contributed by atoms with Crippen LogP contribution in [0.2, 0.25) is 0 Å². The van der Waals surface area contributed by atoms with Gasteiger partial charge >= 0.3 is 5.97 Å². The highest BCUT2D eigenvalue weighted by atomic mass is 16.4. The quantitative estimate of drug-likeness (QED) is 0.880. The molecule has 100 valence electrons. The van der Waals surface area contributed by atoms with Gasteiger partial charge in [0.15, 0.2) is 0 Å². The van der Waals surface area contributed by atoms with Gasteiger partial charge in [-0.2, -0.15) is 0 Å². The molecule has 5 nitrogen and oxygen atoms in total. The van der Waals surface area contributed by atoms with E-state index in [1.165, 1.54) is 0 Å². The van der Waals surface area contributed by atoms with E-state index in [-0.39, 0.29) is 31.2 Å². The number of aliphatic carboxylic acids is 1. The van der Waals surface area contributed by atoms with Gasteiger partial charge in [-0.25, -0.2) is 0 Å². The zero-order valence-electron chi connectivity index (χ0n) is 10.4. The molecule has 1 heterocycles. The minimum absolute atomic E-state index is 0.00178. The highest BCUT2D eigenvalue weighted by Gasteiger charge is 2.37. The smallest absolute Gasteiger partial charge is 0.308 e. The molecular formula is C14H15NO4. The molecular weight excluding hydrogens is 246 g/mol. The Hall–Kier alpha value is -2.17. The number of hydrogen-bond acceptors (Lipinski definition) is 3. The Kier molecular flexibility index (Phi) is 3.94. The predicted molar refractivity (Wildman–Crippen MR) is 67.2 cm³/mol. The molecule has 1 unspecified atom stereocenters. The van der Waals surface area contributed by atoms with Crippen molar-refractivity contribution in [1.82, 2.24) is 4.90 Å². The summed E-state index contributed by atoms with van der Waals surface area (Å²) in [4.78, 5) is 35.4. The van der Waals surface area contributed by atoms with Crippen LogP contribution < -0.4 is 0 Å². The number of likely N-dealkylation sites (tertiary alicyclic amines) is 1. The number of benzene rings is 1. The summed E-state index contributed by atoms with van der Waals surface area (Å²) >= 11 is 0. The molecule has 2 rings (SSSR count). The lowest BCUT2D eigenvalue weighted by atomic mass is 10.1. The number of rotatable bonds is 4. The van der Waals surface area contributed by atoms with Crippen LogP contribution in [0.3, 0.4) is 0 Å². The molecule has 19 heavy (non-hydrogen) atoms. The van der Waals surface area contributed by atoms with Crippen molar-refractivity contribution in [3.05, 3.63) is 35.9 Å². The SMILES string of the molecule is O=C(O)C1CC(=O)N(C(=O)CCc2ccccc2)C1. The van der Waals surface area contributed by atoms with Crippen LogP contribution in [0, 0.1) is 5.92 Å². The number of amides is 2. The number of carboxylic acid groups (broad SMARTS) is 1. The lowest BCUT2D eigenvalue weighted by Gasteiger charge is -2.13. The lowest BCUT2D eigenvalue weighted by Crippen LogP contribution is -2.33. The van der Waals surface area contributed by atoms with E-state index in [1.54, 1.807) is 0 Å². The summed E-state index contributed by atoms with van der Waals surface area (Å²) in [6.45, 7) is 0.00178. The fourth-order valence-corrected chi connectivity index (χ4v) is 2.14. The molecule has 1 N–H and O–H groups in total. The highest BCUT2D eigenvalue weighted by molar-refractivity contribution is 5.99. The van der Waals surface area contributed by atoms with E-state index in [2.05, 4.69) is 0 Å². The van der Waals surface area contributed by atoms with E-state index < -0.39 is 11.9 Å². The third-order valence-electron chi connectivity index (χ3n) is 3.25. The molecule has 0 saturated carbocycles. The Morgan fingerprint density at radius 2 is 1.95 bits per heavy atom. The zero-order valence-corrected chi connectivity index (χ0v) is 10.4. The first-order valence-corrected chi connectivity index (χ1v) is 6.18. The van der Waals surface area contributed by atoms with E-state index >= 15 is 0 Å². The normalized spacial score (nSPS) is 18.6. The Labute approximate surface area is 110 Å². The summed E-state index contributed by atoms with van der Waals surface area (Å²) in [5.41, 5.74) is 1.03. The standard InChI is InChI=1S/C14H15NO4/c16-12(7-6-10-4-2-1-3-5-10)15-9-11(14(18)19)8-13(15)17/h1-5,11H,6-9H2,(H,18,19). The van der Waals surface area contributed by atoms with Crippen LogP contribution in [0.5, 0.6) is 0 Å². The monoisotopic (exact) mass is 261 g/mol. The topological polar surface area (TPSA) is 74.7 Å². The van der Waals surface area contributed by atoms with Crippen LogP contribution in [-0.2, 0) is 20.8 Å². The molecule has 1 saturated heterocycles. The van der Waals surface area contributed by atoms with Crippen molar-refractivity contribution >= 4 is 17.8 Å². The van der Waals surface area contributed by atoms with Crippen molar-refractivity contribution in [2.24, 2.45) is 5.92 Å². The fraction of sp³-hybridized carbons (Fsp3) is 0.357. The predicted octanol–water partition coefficient (Wildman–Crippen LogP) is 1.08. The first kappa shape index (κ1) is 13.3. The van der Waals surface area contributed by atoms with Crippen molar-refractivity contribution in [3.63, 3.8) is 0 Å². The van der Waals surface area contributed by atoms with Crippen LogP contribution in [0.15, 0.2) is 30.3 Å². The molecule has 0 radical (unpaired) electrons. The van der Waals surface area contributed by atoms with Crippen molar-refractivity contribution in [1.29, 1.82) is 0 Å². The average molecular weight is 261 g/mol. The number of hydrogen-bond donors (Lipinski definition) is 1. The van der Waals surface area contributed by atoms with Gasteiger partial charge in [-0.1, -0.05) is 30.3 Å². The lowest BCUT2D eigenvalue weighted by molar-refractivity contribution is -0.142. The van der Waals surface area contributed by atoms with Crippen LogP contribution in [-0.4, -0.2) is 34.3 Å². The summed E-state index contributed by atoms with van der Waals surface area (Å²) in [6, 6.07) is 9.51. The van der Waals surface area contributed by atoms with Crippen molar-refractivity contribution < 1.29 is 19.5 Å². The summed E-state index contributed by atoms with van der Waals surface area (Å²) in [5.74, 6) is -2.46. The number of carbonyl (C=O) groups is 3. The Morgan fingerprint density at radius 3 is 2.53 bits per heavy atom. The molecule has 1 aliphatic rings. The second-order valence-electron chi connectivity index (χ2n) is 4.62. The maximum Gasteiger partial charge on any atom is 0.308 e. The number of carbonyl (C=O) groups excluding carboxylic acids is 2. The first-order valence-electron chi connectivity index (χ1n) is 6.18. The van der Waals surface area contributed by atoms with Gasteiger partial charge in [-0.05, 0) is 12.0 Å². The molecule has 1 fully saturated rings. The molecule has 0 spiro atoms. The molecule has 1 aromatic rings. The van der Waals surface area contributed by atoms with Crippen molar-refractivity contribution in [2.75, 3.05) is 6.54 Å². The summed E-state index contributed by atoms with van der Waals surface area (Å²) in [7, 11) is 0. The van der Waals surface area contributed by atoms with E-state index in [1.807, 2.05) is 30.3 Å². The molecule has 1 atom stereocenters. The van der Waals surface area contributed by atoms with Crippen LogP contribution in [0.4, 0.5) is 0 Å². The second-order valence-corrected chi connectivity index (χ2v) is 4.62. The molecule has 1 aliphatic heterocycles. The molecule has 1 aromatic carbocycles. The van der Waals surface area contributed by atoms with Crippen LogP contribution in [0.25, 0.3) is 0 Å². The third kappa shape index (κ3) is 3.19. The van der Waals surface area contributed by atoms with Gasteiger partial charge in [0.1, 0.15) is 0 Å². The van der Waals surface area contributed by atoms with E-state index in [9.17, 15) is 14.4 Å². The molecule has 5 heteroatoms. The Balaban J connectivity index is 1.90. The first-order chi connectivity index (χ1) is 9.08. The maximum absolute atomic E-state index is 11.9. The summed E-state index contributed by atoms with van der Waals surface area (Å²) < 4.78 is 0. The van der Waals surface area contributed by atoms with Crippen molar-refractivity contribution in [2.45, 2.75) is 19.3 Å². The van der Waals surface area contributed by atoms with E-state index in [0.717, 1.165) is 10.5 Å². The van der Waals surface area contributed by atoms with Crippen molar-refractivity contribution in [3.8, 4) is 0 Å². The minimum Gasteiger partial charge on any atom is -0.481 e. The van der Waals surface area contributed by atoms with Gasteiger partial charge < -0.3 is 5.11 Å². The Morgan fingerprint density at radius 1 is 1.26 bits per heavy atom. The number of imide groups is 1. The third-order valence-corrected chi connectivity index (χ3v) is 3.25. The van der Waals surface area contributed by atoms with Crippen LogP contribution >= 0.6 is 0 Å². The second kappa shape index (κ2) is 5.65. The molecule has 0 aliphatic carbocycles. The number of aryl methyl sites for hydroxylation is 1.